The summed E-state index contributed by atoms with van der Waals surface area (Å²) in [5, 5.41) is 38.6. The average molecular weight is 1510 g/mol. The zero-order valence-electron chi connectivity index (χ0n) is 67.3. The van der Waals surface area contributed by atoms with Gasteiger partial charge in [-0.05, 0) is 261 Å². The van der Waals surface area contributed by atoms with E-state index in [0.29, 0.717) is 30.7 Å². The molecule has 588 valence electrons. The lowest BCUT2D eigenvalue weighted by Crippen LogP contribution is -2.44. The van der Waals surface area contributed by atoms with Gasteiger partial charge in [0.05, 0.1) is 37.4 Å². The van der Waals surface area contributed by atoms with E-state index in [1.165, 1.54) is 44.5 Å². The number of carbonyl (C=O) groups is 6. The van der Waals surface area contributed by atoms with E-state index in [0.717, 1.165) is 107 Å². The number of nitrogens with zero attached hydrogens (tertiary/aromatic N) is 6. The molecule has 21 nitrogen and oxygen atoms in total. The lowest BCUT2D eigenvalue weighted by atomic mass is 9.90. The number of hydrogen-bond acceptors (Lipinski definition) is 12. The van der Waals surface area contributed by atoms with Gasteiger partial charge in [0.15, 0.2) is 0 Å². The number of hydrogen-bond donors (Lipinski definition) is 6. The van der Waals surface area contributed by atoms with Crippen molar-refractivity contribution < 1.29 is 44.1 Å². The van der Waals surface area contributed by atoms with Crippen molar-refractivity contribution in [3.8, 4) is 0 Å². The second-order valence-electron chi connectivity index (χ2n) is 31.1. The van der Waals surface area contributed by atoms with Crippen LogP contribution in [0.4, 0.5) is 0 Å². The number of allylic oxidation sites excluding steroid dienone is 3. The van der Waals surface area contributed by atoms with Gasteiger partial charge >= 0.3 is 17.9 Å². The molecule has 111 heavy (non-hydrogen) atoms. The Morgan fingerprint density at radius 3 is 1.23 bits per heavy atom. The number of carboxylic acids is 3. The third-order valence-corrected chi connectivity index (χ3v) is 20.4. The standard InChI is InChI=1S/C90H111N9O12/c1-51(2)33-76(97-32-31-67(37-80(97)101)36-69-25-23-56(9)86(65(69)18)62(15)47-92-45-60(13)75(42-84(107)108)96-90(111)78(35-53(5)6)99-50-71(68-27-28-68)29-30-79(99)100)88(109)94-73(40-82(103)104)59(12)44-93-48-63(16)87-57(10)24-26-70(66(87)19)38-72-39-81(102)98(49-64(72)17)77(34-52(3)4)89(110)95-74(41-83(105)106)58(11)43-91-46-61(14)85-54(7)21-20-22-55(85)8/h20-26,29-32,37,39,43-53,68,73-78H,11-13,27-28,33-36,38,40-42H2,1-10,14-19H3,(H,94,109)(H,95,110)(H,96,111)(H,103,104)(H,105,106)(H,107,108)/b61-46+,62-47+,63-48+,91-43-,92-45-,93-44-/t73-,74-,75-,76-,77-,78-/m1/s1. The Balaban J connectivity index is 1.03. The molecule has 1 fully saturated rings. The maximum atomic E-state index is 14.5. The molecule has 1 aliphatic rings. The maximum Gasteiger partial charge on any atom is 0.305 e. The van der Waals surface area contributed by atoms with Crippen LogP contribution >= 0.6 is 0 Å². The summed E-state index contributed by atoms with van der Waals surface area (Å²) in [5.74, 6) is -4.78. The molecule has 0 saturated heterocycles. The SMILES string of the molecule is C=C(/C=N\C=C(/C)c1c(C)ccc(Cc2cc(=O)n([C@H](CC(C)C)C(=O)N[C@H](CC(=O)O)C(=C)/C=N\C=C(/C)c3c(C)cccc3C)cc2C)c1C)[C@@H](CC(=O)O)NC(=O)[C@@H](CC(C)C)n1ccc(Cc2ccc(C)c(/C(C)=C/N=C\C(=C)[C@@H](CC(=O)O)NC(=O)[C@@H](CC(C)C)n3cc(C4CC4)ccc3=O)c2C)cc1=O. The summed E-state index contributed by atoms with van der Waals surface area (Å²) < 4.78 is 4.24. The third-order valence-electron chi connectivity index (χ3n) is 20.4. The second-order valence-corrected chi connectivity index (χ2v) is 31.1. The summed E-state index contributed by atoms with van der Waals surface area (Å²) in [6.45, 7) is 43.5. The van der Waals surface area contributed by atoms with E-state index in [9.17, 15) is 58.5 Å². The average Bonchev–Trinajstić information content (AvgIpc) is 1.33. The first-order valence-electron chi connectivity index (χ1n) is 38.0. The first-order chi connectivity index (χ1) is 52.3. The van der Waals surface area contributed by atoms with Crippen molar-refractivity contribution in [3.63, 3.8) is 0 Å². The summed E-state index contributed by atoms with van der Waals surface area (Å²) in [4.78, 5) is 135. The van der Waals surface area contributed by atoms with Crippen molar-refractivity contribution in [2.75, 3.05) is 0 Å². The fraction of sp³-hybridized carbons (Fsp3) is 0.400. The fourth-order valence-corrected chi connectivity index (χ4v) is 14.4. The molecule has 3 amide bonds. The number of aliphatic imine (C=N–C) groups is 3. The lowest BCUT2D eigenvalue weighted by Gasteiger charge is -2.25. The number of benzene rings is 3. The Kier molecular flexibility index (Phi) is 30.9. The van der Waals surface area contributed by atoms with Gasteiger partial charge in [-0.2, -0.15) is 0 Å². The molecule has 3 aromatic carbocycles. The maximum absolute atomic E-state index is 14.5. The Bertz CT molecular complexity index is 4910. The van der Waals surface area contributed by atoms with Crippen LogP contribution in [0.2, 0.25) is 0 Å². The summed E-state index contributed by atoms with van der Waals surface area (Å²) in [5.41, 5.74) is 15.9. The van der Waals surface area contributed by atoms with Crippen molar-refractivity contribution in [3.05, 3.63) is 261 Å². The van der Waals surface area contributed by atoms with Gasteiger partial charge in [-0.25, -0.2) is 0 Å². The molecule has 6 N–H and O–H groups in total. The molecule has 1 saturated carbocycles. The van der Waals surface area contributed by atoms with Crippen LogP contribution in [0.5, 0.6) is 0 Å². The predicted octanol–water partition coefficient (Wildman–Crippen LogP) is 15.1. The van der Waals surface area contributed by atoms with Gasteiger partial charge in [0.25, 0.3) is 16.7 Å². The van der Waals surface area contributed by atoms with Gasteiger partial charge in [-0.15, -0.1) is 0 Å². The van der Waals surface area contributed by atoms with Gasteiger partial charge < -0.3 is 45.0 Å². The van der Waals surface area contributed by atoms with Crippen molar-refractivity contribution in [2.24, 2.45) is 32.7 Å². The van der Waals surface area contributed by atoms with Crippen LogP contribution in [0.1, 0.15) is 221 Å². The molecule has 0 radical (unpaired) electrons. The first-order valence-corrected chi connectivity index (χ1v) is 38.0. The Labute approximate surface area is 652 Å². The molecule has 3 aromatic heterocycles. The topological polar surface area (TPSA) is 302 Å². The van der Waals surface area contributed by atoms with Crippen LogP contribution in [0, 0.1) is 66.2 Å². The number of pyridine rings is 3. The van der Waals surface area contributed by atoms with E-state index < -0.39 is 102 Å². The normalized spacial score (nSPS) is 14.6. The number of aryl methyl sites for hydroxylation is 5. The van der Waals surface area contributed by atoms with Crippen LogP contribution in [-0.2, 0) is 41.6 Å². The molecule has 21 heteroatoms. The minimum absolute atomic E-state index is 0.0232. The number of carbonyl (C=O) groups excluding carboxylic acids is 3. The number of carboxylic acid groups (broad SMARTS) is 3. The van der Waals surface area contributed by atoms with Crippen LogP contribution in [0.3, 0.4) is 0 Å². The molecule has 1 aliphatic carbocycles. The van der Waals surface area contributed by atoms with Gasteiger partial charge in [0.1, 0.15) is 18.1 Å². The molecule has 0 unspecified atom stereocenters. The van der Waals surface area contributed by atoms with Gasteiger partial charge in [-0.1, -0.05) is 110 Å². The van der Waals surface area contributed by atoms with E-state index in [1.54, 1.807) is 55.4 Å². The quantitative estimate of drug-likeness (QED) is 0.0197. The second kappa shape index (κ2) is 39.4. The van der Waals surface area contributed by atoms with Crippen molar-refractivity contribution in [2.45, 2.75) is 217 Å². The van der Waals surface area contributed by atoms with Gasteiger partial charge in [-0.3, -0.25) is 58.1 Å². The molecule has 0 bridgehead atoms. The highest BCUT2D eigenvalue weighted by atomic mass is 16.4. The van der Waals surface area contributed by atoms with Crippen LogP contribution in [0.25, 0.3) is 16.7 Å². The lowest BCUT2D eigenvalue weighted by molar-refractivity contribution is -0.139. The Morgan fingerprint density at radius 2 is 0.838 bits per heavy atom. The van der Waals surface area contributed by atoms with Crippen LogP contribution in [-0.4, -0.2) is 101 Å². The smallest absolute Gasteiger partial charge is 0.305 e. The molecule has 6 aromatic rings. The number of aromatic nitrogens is 3. The zero-order valence-corrected chi connectivity index (χ0v) is 67.3. The van der Waals surface area contributed by atoms with Crippen LogP contribution in [0.15, 0.2) is 176 Å². The van der Waals surface area contributed by atoms with Gasteiger partial charge in [0, 0.05) is 74.0 Å². The van der Waals surface area contributed by atoms with Crippen LogP contribution < -0.4 is 32.6 Å². The largest absolute Gasteiger partial charge is 0.481 e. The minimum atomic E-state index is -1.20. The van der Waals surface area contributed by atoms with Crippen molar-refractivity contribution >= 4 is 71.0 Å². The van der Waals surface area contributed by atoms with E-state index in [-0.39, 0.29) is 52.9 Å². The first kappa shape index (κ1) is 87.0. The highest BCUT2D eigenvalue weighted by molar-refractivity contribution is 5.90. The van der Waals surface area contributed by atoms with E-state index >= 15 is 0 Å². The zero-order chi connectivity index (χ0) is 82.0. The molecule has 0 aliphatic heterocycles. The Morgan fingerprint density at radius 1 is 0.459 bits per heavy atom. The van der Waals surface area contributed by atoms with Crippen molar-refractivity contribution in [1.29, 1.82) is 0 Å². The number of amides is 3. The molecule has 7 rings (SSSR count). The predicted molar refractivity (Wildman–Crippen MR) is 444 cm³/mol. The Hall–Kier alpha value is -11.2. The highest BCUT2D eigenvalue weighted by Gasteiger charge is 2.32. The summed E-state index contributed by atoms with van der Waals surface area (Å²) in [7, 11) is 0. The number of aliphatic carboxylic acids is 3. The van der Waals surface area contributed by atoms with E-state index in [2.05, 4.69) is 50.7 Å². The molecule has 0 spiro atoms. The van der Waals surface area contributed by atoms with Crippen molar-refractivity contribution in [1.82, 2.24) is 29.7 Å². The van der Waals surface area contributed by atoms with E-state index in [4.69, 9.17) is 0 Å². The number of rotatable bonds is 38. The summed E-state index contributed by atoms with van der Waals surface area (Å²) >= 11 is 0. The highest BCUT2D eigenvalue weighted by Crippen LogP contribution is 2.40. The molecular weight excluding hydrogens is 1400 g/mol. The van der Waals surface area contributed by atoms with E-state index in [1.807, 2.05) is 153 Å². The molecule has 6 atom stereocenters. The number of nitrogens with one attached hydrogen (secondary N) is 3. The van der Waals surface area contributed by atoms with Gasteiger partial charge in [0.2, 0.25) is 17.7 Å². The monoisotopic (exact) mass is 1510 g/mol. The minimum Gasteiger partial charge on any atom is -0.481 e. The molecule has 3 heterocycles. The molecular formula is C90H111N9O12. The fourth-order valence-electron chi connectivity index (χ4n) is 14.4. The third kappa shape index (κ3) is 24.1. The summed E-state index contributed by atoms with van der Waals surface area (Å²) in [6, 6.07) is 16.1. The summed E-state index contributed by atoms with van der Waals surface area (Å²) in [6.07, 6.45) is 16.5.